The van der Waals surface area contributed by atoms with Crippen molar-refractivity contribution in [3.8, 4) is 0 Å². The average molecular weight is 304 g/mol. The van der Waals surface area contributed by atoms with Crippen molar-refractivity contribution in [3.05, 3.63) is 0 Å². The number of hydrogen-bond acceptors (Lipinski definition) is 5. The molecule has 0 aromatic carbocycles. The average Bonchev–Trinajstić information content (AvgIpc) is 2.76. The monoisotopic (exact) mass is 304 g/mol. The summed E-state index contributed by atoms with van der Waals surface area (Å²) in [6, 6.07) is -1.54. The maximum atomic E-state index is 12.5. The Kier molecular flexibility index (Phi) is 5.67. The van der Waals surface area contributed by atoms with Crippen molar-refractivity contribution in [2.45, 2.75) is 38.2 Å². The molecule has 1 saturated heterocycles. The second-order valence-electron chi connectivity index (χ2n) is 4.77. The van der Waals surface area contributed by atoms with Gasteiger partial charge in [-0.15, -0.1) is 11.8 Å². The fourth-order valence-corrected chi connectivity index (χ4v) is 3.11. The lowest BCUT2D eigenvalue weighted by Crippen LogP contribution is -2.54. The summed E-state index contributed by atoms with van der Waals surface area (Å²) in [6.07, 6.45) is 0. The van der Waals surface area contributed by atoms with Crippen LogP contribution < -0.4 is 0 Å². The van der Waals surface area contributed by atoms with Crippen LogP contribution in [0.25, 0.3) is 0 Å². The molecule has 1 N–H and O–H groups in total. The molecule has 0 saturated carbocycles. The van der Waals surface area contributed by atoms with Crippen LogP contribution in [-0.2, 0) is 14.3 Å². The van der Waals surface area contributed by atoms with Gasteiger partial charge in [0.05, 0.1) is 12.5 Å². The van der Waals surface area contributed by atoms with Crippen molar-refractivity contribution in [2.24, 2.45) is 0 Å². The van der Waals surface area contributed by atoms with E-state index in [0.29, 0.717) is 5.75 Å². The number of carbonyl (C=O) groups excluding carboxylic acids is 2. The number of nitrogens with zero attached hydrogens (tertiary/aromatic N) is 2. The Morgan fingerprint density at radius 3 is 2.50 bits per heavy atom. The molecule has 0 aromatic heterocycles. The zero-order valence-electron chi connectivity index (χ0n) is 12.0. The molecular weight excluding hydrogens is 284 g/mol. The van der Waals surface area contributed by atoms with Gasteiger partial charge in [0.2, 0.25) is 0 Å². The van der Waals surface area contributed by atoms with E-state index in [-0.39, 0.29) is 18.0 Å². The van der Waals surface area contributed by atoms with Crippen molar-refractivity contribution in [2.75, 3.05) is 19.4 Å². The van der Waals surface area contributed by atoms with Crippen LogP contribution in [-0.4, -0.2) is 69.7 Å². The summed E-state index contributed by atoms with van der Waals surface area (Å²) in [5, 5.41) is 8.95. The number of carboxylic acids is 1. The molecule has 1 fully saturated rings. The predicted molar refractivity (Wildman–Crippen MR) is 74.4 cm³/mol. The zero-order valence-corrected chi connectivity index (χ0v) is 12.8. The Bertz CT molecular complexity index is 401. The molecule has 0 aromatic rings. The number of carbonyl (C=O) groups is 3. The van der Waals surface area contributed by atoms with Crippen LogP contribution in [0.1, 0.15) is 20.8 Å². The zero-order chi connectivity index (χ0) is 15.4. The molecular formula is C12H20N2O5S. The van der Waals surface area contributed by atoms with Crippen molar-refractivity contribution >= 4 is 29.7 Å². The number of thioether (sulfide) groups is 1. The highest BCUT2D eigenvalue weighted by Crippen LogP contribution is 2.30. The van der Waals surface area contributed by atoms with E-state index in [1.165, 1.54) is 28.7 Å². The van der Waals surface area contributed by atoms with Gasteiger partial charge in [-0.05, 0) is 20.8 Å². The largest absolute Gasteiger partial charge is 0.480 e. The second-order valence-corrected chi connectivity index (χ2v) is 6.12. The molecule has 0 spiro atoms. The Labute approximate surface area is 122 Å². The highest BCUT2D eigenvalue weighted by Gasteiger charge is 2.42. The van der Waals surface area contributed by atoms with Crippen molar-refractivity contribution in [1.82, 2.24) is 9.80 Å². The third-order valence-corrected chi connectivity index (χ3v) is 4.34. The van der Waals surface area contributed by atoms with E-state index in [0.717, 1.165) is 0 Å². The lowest BCUT2D eigenvalue weighted by molar-refractivity contribution is -0.142. The summed E-state index contributed by atoms with van der Waals surface area (Å²) >= 11 is 1.41. The first kappa shape index (κ1) is 16.6. The number of carboxylic acid groups (broad SMARTS) is 1. The minimum Gasteiger partial charge on any atom is -0.480 e. The van der Waals surface area contributed by atoms with Crippen LogP contribution in [0, 0.1) is 0 Å². The SMILES string of the molecule is COC(=O)CN(C(=O)N1C(C)SCC1C(=O)O)C(C)C. The van der Waals surface area contributed by atoms with E-state index < -0.39 is 24.0 Å². The first-order chi connectivity index (χ1) is 9.29. The lowest BCUT2D eigenvalue weighted by atomic mass is 10.2. The van der Waals surface area contributed by atoms with Gasteiger partial charge < -0.3 is 14.7 Å². The van der Waals surface area contributed by atoms with Crippen LogP contribution in [0.5, 0.6) is 0 Å². The predicted octanol–water partition coefficient (Wildman–Crippen LogP) is 0.838. The summed E-state index contributed by atoms with van der Waals surface area (Å²) < 4.78 is 4.57. The highest BCUT2D eigenvalue weighted by molar-refractivity contribution is 8.00. The third-order valence-electron chi connectivity index (χ3n) is 3.12. The highest BCUT2D eigenvalue weighted by atomic mass is 32.2. The molecule has 1 rings (SSSR count). The van der Waals surface area contributed by atoms with Crippen LogP contribution in [0.3, 0.4) is 0 Å². The molecule has 2 amide bonds. The van der Waals surface area contributed by atoms with E-state index >= 15 is 0 Å². The summed E-state index contributed by atoms with van der Waals surface area (Å²) in [4.78, 5) is 37.8. The Morgan fingerprint density at radius 2 is 2.05 bits per heavy atom. The van der Waals surface area contributed by atoms with Gasteiger partial charge in [0, 0.05) is 11.8 Å². The Morgan fingerprint density at radius 1 is 1.45 bits per heavy atom. The Balaban J connectivity index is 2.92. The van der Waals surface area contributed by atoms with Gasteiger partial charge in [-0.2, -0.15) is 0 Å². The van der Waals surface area contributed by atoms with Gasteiger partial charge >= 0.3 is 18.0 Å². The van der Waals surface area contributed by atoms with Crippen LogP contribution in [0.2, 0.25) is 0 Å². The molecule has 8 heteroatoms. The summed E-state index contributed by atoms with van der Waals surface area (Å²) in [7, 11) is 1.25. The molecule has 2 unspecified atom stereocenters. The number of rotatable bonds is 4. The maximum absolute atomic E-state index is 12.5. The van der Waals surface area contributed by atoms with E-state index in [1.807, 2.05) is 0 Å². The topological polar surface area (TPSA) is 87.2 Å². The summed E-state index contributed by atoms with van der Waals surface area (Å²) in [6.45, 7) is 5.13. The number of methoxy groups -OCH3 is 1. The van der Waals surface area contributed by atoms with E-state index in [9.17, 15) is 19.5 Å². The number of ether oxygens (including phenoxy) is 1. The van der Waals surface area contributed by atoms with Gasteiger partial charge in [0.25, 0.3) is 0 Å². The van der Waals surface area contributed by atoms with Crippen molar-refractivity contribution < 1.29 is 24.2 Å². The molecule has 7 nitrogen and oxygen atoms in total. The molecule has 114 valence electrons. The molecule has 1 aliphatic rings. The number of esters is 1. The summed E-state index contributed by atoms with van der Waals surface area (Å²) in [5.74, 6) is -1.21. The molecule has 0 bridgehead atoms. The van der Waals surface area contributed by atoms with Gasteiger partial charge in [-0.3, -0.25) is 9.69 Å². The third kappa shape index (κ3) is 3.56. The van der Waals surface area contributed by atoms with Gasteiger partial charge in [-0.1, -0.05) is 0 Å². The van der Waals surface area contributed by atoms with E-state index in [1.54, 1.807) is 20.8 Å². The second kappa shape index (κ2) is 6.83. The fraction of sp³-hybridized carbons (Fsp3) is 0.750. The minimum atomic E-state index is -1.03. The lowest BCUT2D eigenvalue weighted by Gasteiger charge is -2.33. The molecule has 20 heavy (non-hydrogen) atoms. The van der Waals surface area contributed by atoms with Gasteiger partial charge in [0.1, 0.15) is 12.6 Å². The van der Waals surface area contributed by atoms with Crippen LogP contribution >= 0.6 is 11.8 Å². The van der Waals surface area contributed by atoms with Crippen LogP contribution in [0.15, 0.2) is 0 Å². The van der Waals surface area contributed by atoms with Gasteiger partial charge in [0.15, 0.2) is 0 Å². The first-order valence-electron chi connectivity index (χ1n) is 6.29. The standard InChI is InChI=1S/C12H20N2O5S/c1-7(2)13(5-10(15)19-4)12(18)14-8(3)20-6-9(14)11(16)17/h7-9H,5-6H2,1-4H3,(H,16,17). The number of hydrogen-bond donors (Lipinski definition) is 1. The number of aliphatic carboxylic acids is 1. The van der Waals surface area contributed by atoms with E-state index in [4.69, 9.17) is 0 Å². The molecule has 1 aliphatic heterocycles. The smallest absolute Gasteiger partial charge is 0.327 e. The molecule has 0 aliphatic carbocycles. The van der Waals surface area contributed by atoms with Crippen molar-refractivity contribution in [1.29, 1.82) is 0 Å². The first-order valence-corrected chi connectivity index (χ1v) is 7.34. The normalized spacial score (nSPS) is 21.9. The van der Waals surface area contributed by atoms with Crippen LogP contribution in [0.4, 0.5) is 4.79 Å². The molecule has 1 heterocycles. The quantitative estimate of drug-likeness (QED) is 0.774. The number of amides is 2. The fourth-order valence-electron chi connectivity index (χ4n) is 1.95. The van der Waals surface area contributed by atoms with E-state index in [2.05, 4.69) is 4.74 Å². The maximum Gasteiger partial charge on any atom is 0.327 e. The Hall–Kier alpha value is -1.44. The molecule has 2 atom stereocenters. The summed E-state index contributed by atoms with van der Waals surface area (Å²) in [5.41, 5.74) is 0. The van der Waals surface area contributed by atoms with Crippen molar-refractivity contribution in [3.63, 3.8) is 0 Å². The number of urea groups is 1. The minimum absolute atomic E-state index is 0.187. The van der Waals surface area contributed by atoms with Gasteiger partial charge in [-0.25, -0.2) is 9.59 Å². The molecule has 0 radical (unpaired) electrons.